The normalized spacial score (nSPS) is 12.4. The Hall–Kier alpha value is -3.32. The number of benzene rings is 3. The van der Waals surface area contributed by atoms with Gasteiger partial charge < -0.3 is 10.1 Å². The maximum atomic E-state index is 13.2. The van der Waals surface area contributed by atoms with Crippen LogP contribution in [-0.4, -0.2) is 21.4 Å². The summed E-state index contributed by atoms with van der Waals surface area (Å²) in [4.78, 5) is 13.2. The summed E-state index contributed by atoms with van der Waals surface area (Å²) in [5.41, 5.74) is 6.46. The van der Waals surface area contributed by atoms with Crippen LogP contribution in [0.15, 0.2) is 53.4 Å². The van der Waals surface area contributed by atoms with E-state index in [1.807, 2.05) is 39.8 Å². The molecule has 3 aromatic carbocycles. The van der Waals surface area contributed by atoms with E-state index in [0.717, 1.165) is 33.6 Å². The van der Waals surface area contributed by atoms with Crippen molar-refractivity contribution in [3.05, 3.63) is 87.5 Å². The van der Waals surface area contributed by atoms with Crippen LogP contribution < -0.4 is 14.8 Å². The number of hydrogen-bond donors (Lipinski definition) is 2. The molecule has 0 aliphatic carbocycles. The number of carbonyl (C=O) groups is 1. The lowest BCUT2D eigenvalue weighted by Crippen LogP contribution is -2.27. The molecule has 0 aromatic heterocycles. The second-order valence-electron chi connectivity index (χ2n) is 9.69. The second kappa shape index (κ2) is 10.7. The number of anilines is 1. The molecule has 0 aliphatic heterocycles. The molecule has 0 heterocycles. The number of hydrogen-bond acceptors (Lipinski definition) is 4. The van der Waals surface area contributed by atoms with Crippen molar-refractivity contribution in [2.45, 2.75) is 65.3 Å². The lowest BCUT2D eigenvalue weighted by Gasteiger charge is -2.21. The number of rotatable bonds is 8. The molecule has 2 N–H and O–H groups in total. The first-order valence-electron chi connectivity index (χ1n) is 12.0. The quantitative estimate of drug-likeness (QED) is 0.372. The summed E-state index contributed by atoms with van der Waals surface area (Å²) >= 11 is 0. The van der Waals surface area contributed by atoms with E-state index in [-0.39, 0.29) is 28.3 Å². The summed E-state index contributed by atoms with van der Waals surface area (Å²) in [6.45, 7) is 13.7. The van der Waals surface area contributed by atoms with Gasteiger partial charge in [-0.2, -0.15) is 0 Å². The van der Waals surface area contributed by atoms with Gasteiger partial charge in [0.05, 0.1) is 18.0 Å². The number of aryl methyl sites for hydroxylation is 4. The predicted octanol–water partition coefficient (Wildman–Crippen LogP) is 6.34. The van der Waals surface area contributed by atoms with Crippen LogP contribution in [-0.2, 0) is 10.0 Å². The highest BCUT2D eigenvalue weighted by Crippen LogP contribution is 2.32. The number of ether oxygens (including phenoxy) is 1. The van der Waals surface area contributed by atoms with E-state index in [0.29, 0.717) is 11.3 Å². The molecule has 36 heavy (non-hydrogen) atoms. The van der Waals surface area contributed by atoms with E-state index in [4.69, 9.17) is 4.74 Å². The topological polar surface area (TPSA) is 84.5 Å². The molecule has 0 unspecified atom stereocenters. The van der Waals surface area contributed by atoms with Crippen LogP contribution in [0.4, 0.5) is 5.69 Å². The van der Waals surface area contributed by atoms with Crippen LogP contribution in [0.1, 0.15) is 76.5 Å². The van der Waals surface area contributed by atoms with E-state index in [1.165, 1.54) is 6.07 Å². The van der Waals surface area contributed by atoms with Crippen molar-refractivity contribution in [2.75, 3.05) is 11.8 Å². The molecule has 0 fully saturated rings. The van der Waals surface area contributed by atoms with Crippen molar-refractivity contribution in [3.8, 4) is 5.75 Å². The summed E-state index contributed by atoms with van der Waals surface area (Å²) in [6, 6.07) is 13.9. The van der Waals surface area contributed by atoms with Crippen LogP contribution in [0.25, 0.3) is 0 Å². The van der Waals surface area contributed by atoms with Crippen LogP contribution in [0.5, 0.6) is 5.75 Å². The summed E-state index contributed by atoms with van der Waals surface area (Å²) in [5, 5.41) is 3.02. The van der Waals surface area contributed by atoms with Crippen LogP contribution in [0.2, 0.25) is 0 Å². The van der Waals surface area contributed by atoms with Gasteiger partial charge in [0, 0.05) is 11.3 Å². The predicted molar refractivity (Wildman–Crippen MR) is 146 cm³/mol. The molecule has 1 amide bonds. The SMILES string of the molecule is COc1cc(C)c([C@H](C)NC(=O)c2ccc(C)c(S(=O)(=O)Nc3ccc(C)c(C)c3)c2)cc1C(C)C. The Bertz CT molecular complexity index is 1390. The van der Waals surface area contributed by atoms with E-state index in [2.05, 4.69) is 30.0 Å². The van der Waals surface area contributed by atoms with Crippen molar-refractivity contribution in [1.29, 1.82) is 0 Å². The Morgan fingerprint density at radius 1 is 0.806 bits per heavy atom. The van der Waals surface area contributed by atoms with E-state index >= 15 is 0 Å². The molecule has 0 saturated carbocycles. The van der Waals surface area contributed by atoms with Crippen LogP contribution in [0, 0.1) is 27.7 Å². The van der Waals surface area contributed by atoms with Gasteiger partial charge in [-0.3, -0.25) is 9.52 Å². The highest BCUT2D eigenvalue weighted by atomic mass is 32.2. The van der Waals surface area contributed by atoms with E-state index in [9.17, 15) is 13.2 Å². The third-order valence-corrected chi connectivity index (χ3v) is 8.08. The number of sulfonamides is 1. The lowest BCUT2D eigenvalue weighted by molar-refractivity contribution is 0.0939. The summed E-state index contributed by atoms with van der Waals surface area (Å²) < 4.78 is 34.6. The minimum absolute atomic E-state index is 0.0729. The highest BCUT2D eigenvalue weighted by Gasteiger charge is 2.22. The fourth-order valence-electron chi connectivity index (χ4n) is 4.21. The minimum Gasteiger partial charge on any atom is -0.496 e. The molecule has 6 nitrogen and oxygen atoms in total. The first kappa shape index (κ1) is 27.3. The molecular weight excluding hydrogens is 472 g/mol. The first-order valence-corrected chi connectivity index (χ1v) is 13.5. The molecule has 1 atom stereocenters. The summed E-state index contributed by atoms with van der Waals surface area (Å²) in [6.07, 6.45) is 0. The average Bonchev–Trinajstić information content (AvgIpc) is 2.80. The van der Waals surface area contributed by atoms with Gasteiger partial charge >= 0.3 is 0 Å². The molecular formula is C29H36N2O4S. The Kier molecular flexibility index (Phi) is 8.14. The molecule has 0 bridgehead atoms. The van der Waals surface area contributed by atoms with Crippen molar-refractivity contribution < 1.29 is 17.9 Å². The zero-order chi connectivity index (χ0) is 26.8. The van der Waals surface area contributed by atoms with Gasteiger partial charge in [-0.05, 0) is 110 Å². The van der Waals surface area contributed by atoms with Crippen molar-refractivity contribution in [3.63, 3.8) is 0 Å². The Morgan fingerprint density at radius 2 is 1.47 bits per heavy atom. The third kappa shape index (κ3) is 5.90. The molecule has 7 heteroatoms. The number of carbonyl (C=O) groups excluding carboxylic acids is 1. The van der Waals surface area contributed by atoms with E-state index in [1.54, 1.807) is 38.3 Å². The second-order valence-corrected chi connectivity index (χ2v) is 11.3. The Labute approximate surface area is 215 Å². The molecule has 3 rings (SSSR count). The molecule has 192 valence electrons. The fraction of sp³-hybridized carbons (Fsp3) is 0.345. The van der Waals surface area contributed by atoms with Gasteiger partial charge in [-0.1, -0.05) is 26.0 Å². The maximum Gasteiger partial charge on any atom is 0.262 e. The van der Waals surface area contributed by atoms with Crippen LogP contribution >= 0.6 is 0 Å². The molecule has 0 aliphatic rings. The third-order valence-electron chi connectivity index (χ3n) is 6.55. The molecule has 0 spiro atoms. The van der Waals surface area contributed by atoms with E-state index < -0.39 is 10.0 Å². The summed E-state index contributed by atoms with van der Waals surface area (Å²) in [5.74, 6) is 0.748. The average molecular weight is 509 g/mol. The van der Waals surface area contributed by atoms with Gasteiger partial charge in [0.2, 0.25) is 0 Å². The first-order chi connectivity index (χ1) is 16.8. The lowest BCUT2D eigenvalue weighted by atomic mass is 9.93. The maximum absolute atomic E-state index is 13.2. The number of methoxy groups -OCH3 is 1. The molecule has 0 saturated heterocycles. The number of nitrogens with one attached hydrogen (secondary N) is 2. The molecule has 3 aromatic rings. The highest BCUT2D eigenvalue weighted by molar-refractivity contribution is 7.92. The van der Waals surface area contributed by atoms with Crippen molar-refractivity contribution >= 4 is 21.6 Å². The molecule has 0 radical (unpaired) electrons. The zero-order valence-corrected chi connectivity index (χ0v) is 23.1. The van der Waals surface area contributed by atoms with Gasteiger partial charge in [0.15, 0.2) is 0 Å². The minimum atomic E-state index is -3.88. The van der Waals surface area contributed by atoms with Crippen LogP contribution in [0.3, 0.4) is 0 Å². The van der Waals surface area contributed by atoms with Crippen molar-refractivity contribution in [2.24, 2.45) is 0 Å². The monoisotopic (exact) mass is 508 g/mol. The Morgan fingerprint density at radius 3 is 2.08 bits per heavy atom. The zero-order valence-electron chi connectivity index (χ0n) is 22.3. The van der Waals surface area contributed by atoms with Gasteiger partial charge in [0.25, 0.3) is 15.9 Å². The van der Waals surface area contributed by atoms with Gasteiger partial charge in [-0.25, -0.2) is 8.42 Å². The fourth-order valence-corrected chi connectivity index (χ4v) is 5.54. The largest absolute Gasteiger partial charge is 0.496 e. The number of amides is 1. The van der Waals surface area contributed by atoms with Gasteiger partial charge in [0.1, 0.15) is 5.75 Å². The van der Waals surface area contributed by atoms with Crippen molar-refractivity contribution in [1.82, 2.24) is 5.32 Å². The Balaban J connectivity index is 1.87. The van der Waals surface area contributed by atoms with Gasteiger partial charge in [-0.15, -0.1) is 0 Å². The smallest absolute Gasteiger partial charge is 0.262 e. The standard InChI is InChI=1S/C29H36N2O4S/c1-17(2)25-16-26(21(6)14-27(25)35-8)22(7)30-29(32)23-11-9-19(4)28(15-23)36(33,34)31-24-12-10-18(3)20(5)13-24/h9-17,22,31H,1-8H3,(H,30,32)/t22-/m0/s1. The summed E-state index contributed by atoms with van der Waals surface area (Å²) in [7, 11) is -2.23.